The zero-order chi connectivity index (χ0) is 10.7. The molecule has 0 atom stereocenters. The Kier molecular flexibility index (Phi) is 2.73. The molecule has 1 aliphatic heterocycles. The summed E-state index contributed by atoms with van der Waals surface area (Å²) in [5.41, 5.74) is 10.3. The summed E-state index contributed by atoms with van der Waals surface area (Å²) in [5, 5.41) is 4.04. The van der Waals surface area contributed by atoms with Crippen LogP contribution in [0, 0.1) is 6.92 Å². The Hall–Kier alpha value is -1.75. The van der Waals surface area contributed by atoms with E-state index in [-0.39, 0.29) is 0 Å². The van der Waals surface area contributed by atoms with Gasteiger partial charge < -0.3 is 4.74 Å². The molecular formula is C10H14N4O. The number of hydrogen-bond donors (Lipinski definition) is 3. The lowest BCUT2D eigenvalue weighted by Crippen LogP contribution is -2.35. The second-order valence-electron chi connectivity index (χ2n) is 3.25. The van der Waals surface area contributed by atoms with Crippen LogP contribution in [0.4, 0.5) is 0 Å². The van der Waals surface area contributed by atoms with Gasteiger partial charge in [-0.15, -0.1) is 10.6 Å². The Bertz CT molecular complexity index is 389. The van der Waals surface area contributed by atoms with Crippen molar-refractivity contribution < 1.29 is 4.74 Å². The third kappa shape index (κ3) is 2.02. The Morgan fingerprint density at radius 1 is 1.40 bits per heavy atom. The van der Waals surface area contributed by atoms with E-state index in [2.05, 4.69) is 21.6 Å². The number of rotatable bonds is 3. The number of nitrogens with zero attached hydrogens (tertiary/aromatic N) is 1. The Morgan fingerprint density at radius 2 is 2.27 bits per heavy atom. The molecule has 0 amide bonds. The summed E-state index contributed by atoms with van der Waals surface area (Å²) < 4.78 is 5.55. The summed E-state index contributed by atoms with van der Waals surface area (Å²) in [5.74, 6) is 1.58. The molecule has 0 unspecified atom stereocenters. The minimum absolute atomic E-state index is 0.643. The van der Waals surface area contributed by atoms with Gasteiger partial charge in [0.1, 0.15) is 5.75 Å². The van der Waals surface area contributed by atoms with Gasteiger partial charge in [0.15, 0.2) is 5.84 Å². The highest BCUT2D eigenvalue weighted by Gasteiger charge is 2.13. The SMILES string of the molecule is CCOc1cc(C)ccc1C1=NNNN1. The van der Waals surface area contributed by atoms with Crippen molar-refractivity contribution in [3.63, 3.8) is 0 Å². The summed E-state index contributed by atoms with van der Waals surface area (Å²) in [6, 6.07) is 6.02. The summed E-state index contributed by atoms with van der Waals surface area (Å²) in [6.45, 7) is 4.64. The van der Waals surface area contributed by atoms with Crippen LogP contribution < -0.4 is 21.2 Å². The van der Waals surface area contributed by atoms with Gasteiger partial charge in [0, 0.05) is 0 Å². The van der Waals surface area contributed by atoms with Gasteiger partial charge in [-0.3, -0.25) is 5.43 Å². The van der Waals surface area contributed by atoms with Crippen LogP contribution >= 0.6 is 0 Å². The van der Waals surface area contributed by atoms with Gasteiger partial charge in [0.2, 0.25) is 0 Å². The molecule has 1 aliphatic rings. The monoisotopic (exact) mass is 206 g/mol. The first-order valence-electron chi connectivity index (χ1n) is 4.89. The largest absolute Gasteiger partial charge is 0.493 e. The van der Waals surface area contributed by atoms with Gasteiger partial charge >= 0.3 is 0 Å². The normalized spacial score (nSPS) is 14.1. The molecule has 5 heteroatoms. The molecule has 1 aromatic rings. The fraction of sp³-hybridized carbons (Fsp3) is 0.300. The number of amidine groups is 1. The van der Waals surface area contributed by atoms with Crippen molar-refractivity contribution in [3.05, 3.63) is 29.3 Å². The molecule has 3 N–H and O–H groups in total. The quantitative estimate of drug-likeness (QED) is 0.680. The van der Waals surface area contributed by atoms with Crippen LogP contribution in [0.2, 0.25) is 0 Å². The first-order chi connectivity index (χ1) is 7.31. The van der Waals surface area contributed by atoms with Crippen molar-refractivity contribution in [3.8, 4) is 5.75 Å². The maximum absolute atomic E-state index is 5.55. The van der Waals surface area contributed by atoms with E-state index in [0.717, 1.165) is 17.1 Å². The average Bonchev–Trinajstić information content (AvgIpc) is 2.71. The Balaban J connectivity index is 2.36. The highest BCUT2D eigenvalue weighted by Crippen LogP contribution is 2.20. The van der Waals surface area contributed by atoms with Crippen molar-refractivity contribution in [2.24, 2.45) is 5.10 Å². The van der Waals surface area contributed by atoms with Gasteiger partial charge in [0.05, 0.1) is 12.2 Å². The van der Waals surface area contributed by atoms with E-state index in [0.29, 0.717) is 6.61 Å². The first kappa shape index (κ1) is 9.79. The van der Waals surface area contributed by atoms with Crippen molar-refractivity contribution in [1.82, 2.24) is 16.5 Å². The van der Waals surface area contributed by atoms with Crippen LogP contribution in [-0.2, 0) is 0 Å². The molecule has 0 bridgehead atoms. The average molecular weight is 206 g/mol. The predicted molar refractivity (Wildman–Crippen MR) is 58.3 cm³/mol. The van der Waals surface area contributed by atoms with E-state index in [1.807, 2.05) is 32.0 Å². The molecule has 0 saturated carbocycles. The van der Waals surface area contributed by atoms with Crippen LogP contribution in [0.5, 0.6) is 5.75 Å². The minimum Gasteiger partial charge on any atom is -0.493 e. The number of hydrazine groups is 2. The molecular weight excluding hydrogens is 192 g/mol. The third-order valence-corrected chi connectivity index (χ3v) is 2.10. The molecule has 1 aromatic carbocycles. The standard InChI is InChI=1S/C10H14N4O/c1-3-15-9-6-7(2)4-5-8(9)10-11-13-14-12-10/h4-6,13-14H,3H2,1-2H3,(H,11,12). The molecule has 0 fully saturated rings. The summed E-state index contributed by atoms with van der Waals surface area (Å²) >= 11 is 0. The Labute approximate surface area is 88.5 Å². The van der Waals surface area contributed by atoms with Crippen molar-refractivity contribution in [2.75, 3.05) is 6.61 Å². The van der Waals surface area contributed by atoms with Gasteiger partial charge in [-0.25, -0.2) is 5.53 Å². The molecule has 80 valence electrons. The molecule has 1 heterocycles. The maximum atomic E-state index is 5.55. The fourth-order valence-electron chi connectivity index (χ4n) is 1.43. The number of ether oxygens (including phenoxy) is 1. The van der Waals surface area contributed by atoms with Crippen LogP contribution in [0.1, 0.15) is 18.1 Å². The van der Waals surface area contributed by atoms with E-state index < -0.39 is 0 Å². The van der Waals surface area contributed by atoms with E-state index in [1.165, 1.54) is 5.56 Å². The third-order valence-electron chi connectivity index (χ3n) is 2.10. The van der Waals surface area contributed by atoms with Crippen molar-refractivity contribution in [2.45, 2.75) is 13.8 Å². The molecule has 5 nitrogen and oxygen atoms in total. The van der Waals surface area contributed by atoms with Gasteiger partial charge in [-0.05, 0) is 31.5 Å². The van der Waals surface area contributed by atoms with E-state index >= 15 is 0 Å². The van der Waals surface area contributed by atoms with E-state index in [4.69, 9.17) is 4.74 Å². The summed E-state index contributed by atoms with van der Waals surface area (Å²) in [4.78, 5) is 0. The highest BCUT2D eigenvalue weighted by molar-refractivity contribution is 6.01. The second kappa shape index (κ2) is 4.18. The molecule has 0 radical (unpaired) electrons. The molecule has 0 aromatic heterocycles. The number of aryl methyl sites for hydroxylation is 1. The summed E-state index contributed by atoms with van der Waals surface area (Å²) in [7, 11) is 0. The summed E-state index contributed by atoms with van der Waals surface area (Å²) in [6.07, 6.45) is 0. The predicted octanol–water partition coefficient (Wildman–Crippen LogP) is 0.668. The number of hydrazone groups is 1. The fourth-order valence-corrected chi connectivity index (χ4v) is 1.43. The number of benzene rings is 1. The second-order valence-corrected chi connectivity index (χ2v) is 3.25. The zero-order valence-electron chi connectivity index (χ0n) is 8.79. The molecule has 0 spiro atoms. The Morgan fingerprint density at radius 3 is 2.93 bits per heavy atom. The molecule has 2 rings (SSSR count). The maximum Gasteiger partial charge on any atom is 0.174 e. The lowest BCUT2D eigenvalue weighted by atomic mass is 10.1. The van der Waals surface area contributed by atoms with E-state index in [1.54, 1.807) is 0 Å². The molecule has 15 heavy (non-hydrogen) atoms. The highest BCUT2D eigenvalue weighted by atomic mass is 16.5. The number of nitrogens with one attached hydrogen (secondary N) is 3. The van der Waals surface area contributed by atoms with E-state index in [9.17, 15) is 0 Å². The lowest BCUT2D eigenvalue weighted by molar-refractivity contribution is 0.339. The van der Waals surface area contributed by atoms with Crippen LogP contribution in [0.15, 0.2) is 23.3 Å². The van der Waals surface area contributed by atoms with Crippen LogP contribution in [0.25, 0.3) is 0 Å². The lowest BCUT2D eigenvalue weighted by Gasteiger charge is -2.10. The topological polar surface area (TPSA) is 57.7 Å². The first-order valence-corrected chi connectivity index (χ1v) is 4.89. The van der Waals surface area contributed by atoms with Crippen LogP contribution in [-0.4, -0.2) is 12.4 Å². The minimum atomic E-state index is 0.643. The smallest absolute Gasteiger partial charge is 0.174 e. The van der Waals surface area contributed by atoms with Crippen molar-refractivity contribution in [1.29, 1.82) is 0 Å². The van der Waals surface area contributed by atoms with Crippen molar-refractivity contribution >= 4 is 5.84 Å². The zero-order valence-corrected chi connectivity index (χ0v) is 8.79. The number of hydrogen-bond acceptors (Lipinski definition) is 5. The van der Waals surface area contributed by atoms with Gasteiger partial charge in [-0.1, -0.05) is 6.07 Å². The molecule has 0 aliphatic carbocycles. The molecule has 0 saturated heterocycles. The van der Waals surface area contributed by atoms with Gasteiger partial charge in [-0.2, -0.15) is 0 Å². The van der Waals surface area contributed by atoms with Gasteiger partial charge in [0.25, 0.3) is 0 Å². The van der Waals surface area contributed by atoms with Crippen LogP contribution in [0.3, 0.4) is 0 Å².